The van der Waals surface area contributed by atoms with Gasteiger partial charge in [0.05, 0.1) is 4.92 Å². The molecule has 2 rings (SSSR count). The summed E-state index contributed by atoms with van der Waals surface area (Å²) in [7, 11) is 0. The third-order valence-electron chi connectivity index (χ3n) is 2.63. The minimum absolute atomic E-state index is 0.0756. The van der Waals surface area contributed by atoms with Crippen LogP contribution in [0.2, 0.25) is 0 Å². The number of halogens is 1. The Balaban J connectivity index is 2.06. The largest absolute Gasteiger partial charge is 0.422 e. The van der Waals surface area contributed by atoms with Crippen molar-refractivity contribution in [3.8, 4) is 5.75 Å². The van der Waals surface area contributed by atoms with Crippen LogP contribution in [0.3, 0.4) is 0 Å². The van der Waals surface area contributed by atoms with Crippen LogP contribution in [0.4, 0.5) is 5.69 Å². The fraction of sp³-hybridized carbons (Fsp3) is 0. The van der Waals surface area contributed by atoms with Crippen LogP contribution in [-0.4, -0.2) is 15.9 Å². The van der Waals surface area contributed by atoms with E-state index in [0.717, 1.165) is 0 Å². The first kappa shape index (κ1) is 15.5. The second kappa shape index (κ2) is 6.73. The first-order valence-corrected chi connectivity index (χ1v) is 6.51. The number of carbonyl (C=O) groups is 1. The maximum Gasteiger partial charge on any atom is 0.360 e. The van der Waals surface area contributed by atoms with Crippen molar-refractivity contribution in [2.45, 2.75) is 0 Å². The number of benzene rings is 1. The van der Waals surface area contributed by atoms with Gasteiger partial charge in [-0.3, -0.25) is 10.1 Å². The van der Waals surface area contributed by atoms with Crippen LogP contribution < -0.4 is 4.74 Å². The molecule has 22 heavy (non-hydrogen) atoms. The number of nitro benzene ring substituents is 1. The first-order chi connectivity index (χ1) is 10.5. The molecule has 0 fully saturated rings. The molecular formula is C15H11ClN2O4. The number of nitrogens with zero attached hydrogens (tertiary/aromatic N) is 1. The van der Waals surface area contributed by atoms with Crippen LogP contribution in [0.1, 0.15) is 16.2 Å². The van der Waals surface area contributed by atoms with Crippen molar-refractivity contribution in [3.05, 3.63) is 75.6 Å². The standard InChI is InChI=1S/C15H11ClN2O4/c1-10(16)2-3-11-4-9-14(17-11)15(19)22-13-7-5-12(6-8-13)18(20)21/h2-9,17H,1H2/b3-2-. The molecule has 0 unspecified atom stereocenters. The molecular weight excluding hydrogens is 308 g/mol. The predicted molar refractivity (Wildman–Crippen MR) is 82.9 cm³/mol. The molecule has 112 valence electrons. The van der Waals surface area contributed by atoms with Crippen LogP contribution in [0.25, 0.3) is 6.08 Å². The lowest BCUT2D eigenvalue weighted by atomic mass is 10.3. The van der Waals surface area contributed by atoms with Gasteiger partial charge in [0.2, 0.25) is 0 Å². The van der Waals surface area contributed by atoms with Gasteiger partial charge in [0.25, 0.3) is 5.69 Å². The minimum Gasteiger partial charge on any atom is -0.422 e. The molecule has 0 amide bonds. The number of rotatable bonds is 5. The van der Waals surface area contributed by atoms with E-state index in [-0.39, 0.29) is 17.1 Å². The Morgan fingerprint density at radius 3 is 2.55 bits per heavy atom. The highest BCUT2D eigenvalue weighted by Gasteiger charge is 2.12. The van der Waals surface area contributed by atoms with Crippen molar-refractivity contribution >= 4 is 29.3 Å². The van der Waals surface area contributed by atoms with E-state index in [1.165, 1.54) is 24.3 Å². The molecule has 1 N–H and O–H groups in total. The topological polar surface area (TPSA) is 85.2 Å². The molecule has 0 aliphatic rings. The summed E-state index contributed by atoms with van der Waals surface area (Å²) in [5, 5.41) is 10.9. The van der Waals surface area contributed by atoms with Crippen molar-refractivity contribution in [1.29, 1.82) is 0 Å². The van der Waals surface area contributed by atoms with E-state index >= 15 is 0 Å². The first-order valence-electron chi connectivity index (χ1n) is 6.14. The number of allylic oxidation sites excluding steroid dienone is 2. The highest BCUT2D eigenvalue weighted by molar-refractivity contribution is 6.31. The normalized spacial score (nSPS) is 10.6. The Labute approximate surface area is 130 Å². The maximum atomic E-state index is 11.9. The molecule has 0 bridgehead atoms. The van der Waals surface area contributed by atoms with E-state index < -0.39 is 10.9 Å². The number of aromatic nitrogens is 1. The fourth-order valence-corrected chi connectivity index (χ4v) is 1.67. The van der Waals surface area contributed by atoms with Crippen molar-refractivity contribution in [2.75, 3.05) is 0 Å². The smallest absolute Gasteiger partial charge is 0.360 e. The highest BCUT2D eigenvalue weighted by atomic mass is 35.5. The van der Waals surface area contributed by atoms with E-state index in [1.54, 1.807) is 24.3 Å². The van der Waals surface area contributed by atoms with Gasteiger partial charge in [0.15, 0.2) is 0 Å². The monoisotopic (exact) mass is 318 g/mol. The molecule has 6 nitrogen and oxygen atoms in total. The Hall–Kier alpha value is -2.86. The second-order valence-corrected chi connectivity index (χ2v) is 4.73. The summed E-state index contributed by atoms with van der Waals surface area (Å²) in [5.41, 5.74) is 0.837. The Morgan fingerprint density at radius 2 is 1.95 bits per heavy atom. The molecule has 0 saturated heterocycles. The third kappa shape index (κ3) is 4.07. The summed E-state index contributed by atoms with van der Waals surface area (Å²) in [6, 6.07) is 8.48. The van der Waals surface area contributed by atoms with E-state index in [4.69, 9.17) is 16.3 Å². The summed E-state index contributed by atoms with van der Waals surface area (Å²) < 4.78 is 5.11. The van der Waals surface area contributed by atoms with Crippen molar-refractivity contribution in [3.63, 3.8) is 0 Å². The van der Waals surface area contributed by atoms with E-state index in [0.29, 0.717) is 10.7 Å². The van der Waals surface area contributed by atoms with Gasteiger partial charge in [0.1, 0.15) is 11.4 Å². The number of hydrogen-bond acceptors (Lipinski definition) is 4. The van der Waals surface area contributed by atoms with Gasteiger partial charge < -0.3 is 9.72 Å². The quantitative estimate of drug-likeness (QED) is 0.298. The molecule has 1 aromatic heterocycles. The van der Waals surface area contributed by atoms with Gasteiger partial charge in [-0.1, -0.05) is 18.2 Å². The third-order valence-corrected chi connectivity index (χ3v) is 2.76. The number of nitro groups is 1. The molecule has 1 heterocycles. The average molecular weight is 319 g/mol. The van der Waals surface area contributed by atoms with Crippen molar-refractivity contribution in [1.82, 2.24) is 4.98 Å². The molecule has 0 saturated carbocycles. The zero-order valence-corrected chi connectivity index (χ0v) is 12.0. The van der Waals surface area contributed by atoms with Gasteiger partial charge in [-0.25, -0.2) is 4.79 Å². The molecule has 0 atom stereocenters. The van der Waals surface area contributed by atoms with E-state index in [9.17, 15) is 14.9 Å². The number of hydrogen-bond donors (Lipinski definition) is 1. The predicted octanol–water partition coefficient (Wildman–Crippen LogP) is 3.91. The van der Waals surface area contributed by atoms with Crippen molar-refractivity contribution in [2.24, 2.45) is 0 Å². The van der Waals surface area contributed by atoms with Crippen LogP contribution in [0, 0.1) is 10.1 Å². The zero-order valence-electron chi connectivity index (χ0n) is 11.3. The number of aromatic amines is 1. The molecule has 0 spiro atoms. The zero-order chi connectivity index (χ0) is 16.1. The van der Waals surface area contributed by atoms with Gasteiger partial charge >= 0.3 is 5.97 Å². The molecule has 7 heteroatoms. The van der Waals surface area contributed by atoms with Crippen molar-refractivity contribution < 1.29 is 14.5 Å². The lowest BCUT2D eigenvalue weighted by Crippen LogP contribution is -2.08. The summed E-state index contributed by atoms with van der Waals surface area (Å²) in [6.07, 6.45) is 3.25. The Kier molecular flexibility index (Phi) is 4.75. The van der Waals surface area contributed by atoms with Gasteiger partial charge in [-0.2, -0.15) is 0 Å². The highest BCUT2D eigenvalue weighted by Crippen LogP contribution is 2.18. The van der Waals surface area contributed by atoms with Gasteiger partial charge in [0, 0.05) is 22.9 Å². The maximum absolute atomic E-state index is 11.9. The number of esters is 1. The number of nitrogens with one attached hydrogen (secondary N) is 1. The lowest BCUT2D eigenvalue weighted by Gasteiger charge is -2.02. The van der Waals surface area contributed by atoms with Crippen LogP contribution >= 0.6 is 11.6 Å². The summed E-state index contributed by atoms with van der Waals surface area (Å²) in [6.45, 7) is 3.51. The van der Waals surface area contributed by atoms with Gasteiger partial charge in [-0.05, 0) is 36.4 Å². The second-order valence-electron chi connectivity index (χ2n) is 4.25. The Bertz CT molecular complexity index is 747. The minimum atomic E-state index is -0.599. The number of non-ortho nitro benzene ring substituents is 1. The summed E-state index contributed by atoms with van der Waals surface area (Å²) in [5.74, 6) is -0.380. The van der Waals surface area contributed by atoms with E-state index in [2.05, 4.69) is 11.6 Å². The summed E-state index contributed by atoms with van der Waals surface area (Å²) >= 11 is 5.60. The SMILES string of the molecule is C=C(Cl)/C=C\c1ccc(C(=O)Oc2ccc([N+](=O)[O-])cc2)[nH]1. The summed E-state index contributed by atoms with van der Waals surface area (Å²) in [4.78, 5) is 24.8. The molecule has 1 aromatic carbocycles. The molecule has 2 aromatic rings. The van der Waals surface area contributed by atoms with Crippen LogP contribution in [-0.2, 0) is 0 Å². The average Bonchev–Trinajstić information content (AvgIpc) is 2.94. The van der Waals surface area contributed by atoms with Crippen LogP contribution in [0.5, 0.6) is 5.75 Å². The molecule has 0 aliphatic carbocycles. The number of H-pyrrole nitrogens is 1. The van der Waals surface area contributed by atoms with Gasteiger partial charge in [-0.15, -0.1) is 0 Å². The number of ether oxygens (including phenoxy) is 1. The van der Waals surface area contributed by atoms with E-state index in [1.807, 2.05) is 0 Å². The number of carbonyl (C=O) groups excluding carboxylic acids is 1. The fourth-order valence-electron chi connectivity index (χ4n) is 1.61. The lowest BCUT2D eigenvalue weighted by molar-refractivity contribution is -0.384. The Morgan fingerprint density at radius 1 is 1.27 bits per heavy atom. The molecule has 0 aliphatic heterocycles. The van der Waals surface area contributed by atoms with Crippen LogP contribution in [0.15, 0.2) is 54.1 Å². The molecule has 0 radical (unpaired) electrons.